The summed E-state index contributed by atoms with van der Waals surface area (Å²) < 4.78 is 7.05. The summed E-state index contributed by atoms with van der Waals surface area (Å²) in [6, 6.07) is 14.9. The molecule has 1 aromatic heterocycles. The molecule has 0 saturated heterocycles. The van der Waals surface area contributed by atoms with E-state index < -0.39 is 0 Å². The summed E-state index contributed by atoms with van der Waals surface area (Å²) in [5.74, 6) is 1.22. The second-order valence-electron chi connectivity index (χ2n) is 6.86. The fraction of sp³-hybridized carbons (Fsp3) is 0.273. The minimum absolute atomic E-state index is 0.0808. The number of amides is 2. The fourth-order valence-corrected chi connectivity index (χ4v) is 3.63. The van der Waals surface area contributed by atoms with Gasteiger partial charge in [-0.3, -0.25) is 9.59 Å². The molecule has 0 radical (unpaired) electrons. The number of benzene rings is 2. The molecule has 0 unspecified atom stereocenters. The van der Waals surface area contributed by atoms with E-state index in [4.69, 9.17) is 4.74 Å². The number of hydrogen-bond acceptors (Lipinski definition) is 6. The van der Waals surface area contributed by atoms with E-state index in [2.05, 4.69) is 20.8 Å². The lowest BCUT2D eigenvalue weighted by atomic mass is 10.2. The van der Waals surface area contributed by atoms with Gasteiger partial charge in [-0.15, -0.1) is 10.2 Å². The zero-order valence-electron chi connectivity index (χ0n) is 17.7. The van der Waals surface area contributed by atoms with Gasteiger partial charge in [-0.25, -0.2) is 0 Å². The van der Waals surface area contributed by atoms with E-state index in [-0.39, 0.29) is 17.6 Å². The van der Waals surface area contributed by atoms with Gasteiger partial charge in [0, 0.05) is 25.6 Å². The lowest BCUT2D eigenvalue weighted by Gasteiger charge is -2.09. The van der Waals surface area contributed by atoms with Crippen LogP contribution in [0.15, 0.2) is 53.7 Å². The zero-order chi connectivity index (χ0) is 22.2. The van der Waals surface area contributed by atoms with Gasteiger partial charge in [0.15, 0.2) is 5.16 Å². The quantitative estimate of drug-likeness (QED) is 0.496. The maximum Gasteiger partial charge on any atom is 0.234 e. The molecule has 0 spiro atoms. The molecule has 3 rings (SSSR count). The molecule has 1 heterocycles. The molecule has 2 amide bonds. The minimum atomic E-state index is -0.170. The standard InChI is InChI=1S/C22H25N5O3S/c1-15-8-4-5-9-16(15)23-20(28)13-12-19-25-26-22(27(19)2)31-14-21(29)24-17-10-6-7-11-18(17)30-3/h4-11H,12-14H2,1-3H3,(H,23,28)(H,24,29). The Morgan fingerprint density at radius 2 is 1.68 bits per heavy atom. The minimum Gasteiger partial charge on any atom is -0.495 e. The highest BCUT2D eigenvalue weighted by atomic mass is 32.2. The van der Waals surface area contributed by atoms with Gasteiger partial charge in [-0.05, 0) is 30.7 Å². The summed E-state index contributed by atoms with van der Waals surface area (Å²) in [5.41, 5.74) is 2.44. The second kappa shape index (κ2) is 10.6. The number of aryl methyl sites for hydroxylation is 2. The predicted octanol–water partition coefficient (Wildman–Crippen LogP) is 3.43. The molecule has 0 bridgehead atoms. The van der Waals surface area contributed by atoms with E-state index in [0.29, 0.717) is 35.3 Å². The topological polar surface area (TPSA) is 98.1 Å². The predicted molar refractivity (Wildman–Crippen MR) is 121 cm³/mol. The second-order valence-corrected chi connectivity index (χ2v) is 7.80. The number of carbonyl (C=O) groups is 2. The molecule has 0 aliphatic heterocycles. The smallest absolute Gasteiger partial charge is 0.234 e. The first kappa shape index (κ1) is 22.4. The molecule has 0 saturated carbocycles. The third-order valence-corrected chi connectivity index (χ3v) is 5.65. The van der Waals surface area contributed by atoms with Gasteiger partial charge in [-0.2, -0.15) is 0 Å². The van der Waals surface area contributed by atoms with Crippen LogP contribution in [-0.2, 0) is 23.1 Å². The lowest BCUT2D eigenvalue weighted by molar-refractivity contribution is -0.116. The zero-order valence-corrected chi connectivity index (χ0v) is 18.5. The van der Waals surface area contributed by atoms with Crippen molar-refractivity contribution in [1.82, 2.24) is 14.8 Å². The molecule has 0 fully saturated rings. The van der Waals surface area contributed by atoms with Crippen LogP contribution in [-0.4, -0.2) is 39.4 Å². The Morgan fingerprint density at radius 1 is 1.00 bits per heavy atom. The van der Waals surface area contributed by atoms with Gasteiger partial charge in [-0.1, -0.05) is 42.1 Å². The maximum atomic E-state index is 12.3. The van der Waals surface area contributed by atoms with Crippen molar-refractivity contribution in [3.63, 3.8) is 0 Å². The third-order valence-electron chi connectivity index (χ3n) is 4.63. The monoisotopic (exact) mass is 439 g/mol. The number of methoxy groups -OCH3 is 1. The molecule has 0 aliphatic rings. The Hall–Kier alpha value is -3.33. The summed E-state index contributed by atoms with van der Waals surface area (Å²) in [5, 5.41) is 14.7. The molecule has 162 valence electrons. The van der Waals surface area contributed by atoms with Crippen LogP contribution < -0.4 is 15.4 Å². The Balaban J connectivity index is 1.50. The van der Waals surface area contributed by atoms with Crippen LogP contribution in [0.3, 0.4) is 0 Å². The number of para-hydroxylation sites is 3. The highest BCUT2D eigenvalue weighted by molar-refractivity contribution is 7.99. The Kier molecular flexibility index (Phi) is 7.66. The first-order valence-electron chi connectivity index (χ1n) is 9.77. The van der Waals surface area contributed by atoms with Crippen molar-refractivity contribution in [2.45, 2.75) is 24.9 Å². The van der Waals surface area contributed by atoms with Gasteiger partial charge in [0.25, 0.3) is 0 Å². The van der Waals surface area contributed by atoms with Crippen LogP contribution in [0.1, 0.15) is 17.8 Å². The third kappa shape index (κ3) is 6.08. The highest BCUT2D eigenvalue weighted by Crippen LogP contribution is 2.24. The van der Waals surface area contributed by atoms with E-state index in [0.717, 1.165) is 11.3 Å². The van der Waals surface area contributed by atoms with E-state index in [9.17, 15) is 9.59 Å². The average molecular weight is 440 g/mol. The van der Waals surface area contributed by atoms with Crippen LogP contribution in [0.4, 0.5) is 11.4 Å². The molecule has 8 nitrogen and oxygen atoms in total. The van der Waals surface area contributed by atoms with E-state index in [1.165, 1.54) is 11.8 Å². The van der Waals surface area contributed by atoms with Crippen LogP contribution >= 0.6 is 11.8 Å². The Labute approximate surface area is 185 Å². The molecule has 0 atom stereocenters. The van der Waals surface area contributed by atoms with Crippen molar-refractivity contribution < 1.29 is 14.3 Å². The Bertz CT molecular complexity index is 1070. The summed E-state index contributed by atoms with van der Waals surface area (Å²) in [4.78, 5) is 24.6. The average Bonchev–Trinajstić information content (AvgIpc) is 3.12. The van der Waals surface area contributed by atoms with Gasteiger partial charge in [0.2, 0.25) is 11.8 Å². The SMILES string of the molecule is COc1ccccc1NC(=O)CSc1nnc(CCC(=O)Nc2ccccc2C)n1C. The van der Waals surface area contributed by atoms with Crippen molar-refractivity contribution in [3.8, 4) is 5.75 Å². The molecular weight excluding hydrogens is 414 g/mol. The number of carbonyl (C=O) groups excluding carboxylic acids is 2. The summed E-state index contributed by atoms with van der Waals surface area (Å²) in [6.07, 6.45) is 0.744. The molecule has 0 aliphatic carbocycles. The van der Waals surface area contributed by atoms with Gasteiger partial charge >= 0.3 is 0 Å². The first-order chi connectivity index (χ1) is 15.0. The number of anilines is 2. The van der Waals surface area contributed by atoms with Crippen LogP contribution in [0, 0.1) is 6.92 Å². The van der Waals surface area contributed by atoms with E-state index in [1.807, 2.05) is 54.9 Å². The van der Waals surface area contributed by atoms with Crippen LogP contribution in [0.5, 0.6) is 5.75 Å². The maximum absolute atomic E-state index is 12.3. The van der Waals surface area contributed by atoms with E-state index in [1.54, 1.807) is 19.2 Å². The number of nitrogens with one attached hydrogen (secondary N) is 2. The van der Waals surface area contributed by atoms with Crippen molar-refractivity contribution in [2.75, 3.05) is 23.5 Å². The molecule has 9 heteroatoms. The lowest BCUT2D eigenvalue weighted by Crippen LogP contribution is -2.15. The largest absolute Gasteiger partial charge is 0.495 e. The molecule has 2 aromatic carbocycles. The van der Waals surface area contributed by atoms with Crippen LogP contribution in [0.25, 0.3) is 0 Å². The molecule has 3 aromatic rings. The van der Waals surface area contributed by atoms with Gasteiger partial charge in [0.1, 0.15) is 11.6 Å². The summed E-state index contributed by atoms with van der Waals surface area (Å²) in [7, 11) is 3.39. The van der Waals surface area contributed by atoms with Crippen molar-refractivity contribution in [1.29, 1.82) is 0 Å². The number of rotatable bonds is 9. The summed E-state index contributed by atoms with van der Waals surface area (Å²) >= 11 is 1.28. The number of hydrogen-bond donors (Lipinski definition) is 2. The molecule has 2 N–H and O–H groups in total. The number of thioether (sulfide) groups is 1. The van der Waals surface area contributed by atoms with Crippen molar-refractivity contribution in [3.05, 3.63) is 59.9 Å². The number of nitrogens with zero attached hydrogens (tertiary/aromatic N) is 3. The van der Waals surface area contributed by atoms with Crippen LogP contribution in [0.2, 0.25) is 0 Å². The summed E-state index contributed by atoms with van der Waals surface area (Å²) in [6.45, 7) is 1.95. The van der Waals surface area contributed by atoms with Gasteiger partial charge < -0.3 is 19.9 Å². The van der Waals surface area contributed by atoms with Crippen molar-refractivity contribution in [2.24, 2.45) is 7.05 Å². The molecular formula is C22H25N5O3S. The van der Waals surface area contributed by atoms with Crippen molar-refractivity contribution >= 4 is 35.0 Å². The highest BCUT2D eigenvalue weighted by Gasteiger charge is 2.14. The Morgan fingerprint density at radius 3 is 2.42 bits per heavy atom. The fourth-order valence-electron chi connectivity index (χ4n) is 2.90. The van der Waals surface area contributed by atoms with Gasteiger partial charge in [0.05, 0.1) is 18.6 Å². The first-order valence-corrected chi connectivity index (χ1v) is 10.8. The normalized spacial score (nSPS) is 10.5. The number of ether oxygens (including phenoxy) is 1. The molecule has 31 heavy (non-hydrogen) atoms. The number of aromatic nitrogens is 3. The van der Waals surface area contributed by atoms with E-state index >= 15 is 0 Å².